The van der Waals surface area contributed by atoms with Crippen molar-refractivity contribution in [2.24, 2.45) is 0 Å². The lowest BCUT2D eigenvalue weighted by atomic mass is 10.1. The van der Waals surface area contributed by atoms with Gasteiger partial charge in [-0.1, -0.05) is 59.7 Å². The number of carbonyl (C=O) groups excluding carboxylic acids is 1. The van der Waals surface area contributed by atoms with Gasteiger partial charge in [-0.3, -0.25) is 9.69 Å². The van der Waals surface area contributed by atoms with Crippen LogP contribution in [0.1, 0.15) is 5.56 Å². The van der Waals surface area contributed by atoms with Gasteiger partial charge in [-0.15, -0.1) is 6.42 Å². The molecule has 1 fully saturated rings. The molecule has 0 spiro atoms. The zero-order chi connectivity index (χ0) is 19.4. The number of rotatable bonds is 5. The van der Waals surface area contributed by atoms with Crippen molar-refractivity contribution in [2.45, 2.75) is 0 Å². The Hall–Kier alpha value is -2.46. The van der Waals surface area contributed by atoms with Gasteiger partial charge in [-0.2, -0.15) is 0 Å². The summed E-state index contributed by atoms with van der Waals surface area (Å²) in [4.78, 5) is 14.8. The van der Waals surface area contributed by atoms with Crippen LogP contribution in [0.2, 0.25) is 5.02 Å². The first-order chi connectivity index (χ1) is 13.0. The Kier molecular flexibility index (Phi) is 6.07. The second-order valence-electron chi connectivity index (χ2n) is 5.38. The maximum Gasteiger partial charge on any atom is 0.270 e. The van der Waals surface area contributed by atoms with Crippen LogP contribution >= 0.6 is 35.6 Å². The molecule has 0 atom stereocenters. The fourth-order valence-electron chi connectivity index (χ4n) is 2.50. The highest BCUT2D eigenvalue weighted by molar-refractivity contribution is 8.27. The predicted octanol–water partition coefficient (Wildman–Crippen LogP) is 4.77. The molecule has 7 heteroatoms. The summed E-state index contributed by atoms with van der Waals surface area (Å²) in [5.74, 6) is 3.00. The Morgan fingerprint density at radius 1 is 1.33 bits per heavy atom. The summed E-state index contributed by atoms with van der Waals surface area (Å²) < 4.78 is 11.2. The molecular weight excluding hydrogens is 402 g/mol. The normalized spacial score (nSPS) is 15.1. The van der Waals surface area contributed by atoms with Crippen LogP contribution in [0, 0.1) is 12.3 Å². The molecule has 1 saturated heterocycles. The molecule has 4 nitrogen and oxygen atoms in total. The Labute approximate surface area is 172 Å². The molecule has 1 aliphatic rings. The number of para-hydroxylation sites is 1. The molecule has 27 heavy (non-hydrogen) atoms. The van der Waals surface area contributed by atoms with Crippen LogP contribution in [0.4, 0.5) is 5.69 Å². The quantitative estimate of drug-likeness (QED) is 0.399. The Bertz CT molecular complexity index is 967. The van der Waals surface area contributed by atoms with Gasteiger partial charge in [0.2, 0.25) is 0 Å². The van der Waals surface area contributed by atoms with Crippen LogP contribution in [-0.2, 0) is 4.79 Å². The molecule has 1 amide bonds. The van der Waals surface area contributed by atoms with Crippen molar-refractivity contribution in [1.29, 1.82) is 0 Å². The van der Waals surface area contributed by atoms with Crippen LogP contribution in [0.25, 0.3) is 6.08 Å². The molecule has 136 valence electrons. The molecule has 0 unspecified atom stereocenters. The van der Waals surface area contributed by atoms with Crippen LogP contribution in [0.3, 0.4) is 0 Å². The monoisotopic (exact) mass is 415 g/mol. The molecule has 0 radical (unpaired) electrons. The van der Waals surface area contributed by atoms with E-state index in [1.54, 1.807) is 18.2 Å². The molecule has 0 aliphatic carbocycles. The van der Waals surface area contributed by atoms with Crippen LogP contribution in [0.5, 0.6) is 11.5 Å². The van der Waals surface area contributed by atoms with Crippen molar-refractivity contribution in [3.63, 3.8) is 0 Å². The summed E-state index contributed by atoms with van der Waals surface area (Å²) in [5.41, 5.74) is 1.43. The minimum atomic E-state index is -0.182. The van der Waals surface area contributed by atoms with Crippen LogP contribution in [0.15, 0.2) is 47.4 Å². The van der Waals surface area contributed by atoms with Crippen molar-refractivity contribution in [3.05, 3.63) is 58.0 Å². The van der Waals surface area contributed by atoms with Gasteiger partial charge in [-0.05, 0) is 35.9 Å². The van der Waals surface area contributed by atoms with Gasteiger partial charge >= 0.3 is 0 Å². The summed E-state index contributed by atoms with van der Waals surface area (Å²) in [5, 5.41) is 0.342. The van der Waals surface area contributed by atoms with E-state index in [0.29, 0.717) is 31.3 Å². The second kappa shape index (κ2) is 8.49. The third-order valence-corrected chi connectivity index (χ3v) is 5.24. The molecule has 3 rings (SSSR count). The molecule has 0 N–H and O–H groups in total. The number of ether oxygens (including phenoxy) is 2. The number of thioether (sulfide) groups is 1. The van der Waals surface area contributed by atoms with Crippen molar-refractivity contribution in [3.8, 4) is 23.8 Å². The molecule has 0 aromatic heterocycles. The first-order valence-corrected chi connectivity index (χ1v) is 9.42. The second-order valence-corrected chi connectivity index (χ2v) is 7.46. The van der Waals surface area contributed by atoms with Gasteiger partial charge in [0.15, 0.2) is 15.8 Å². The maximum absolute atomic E-state index is 12.8. The smallest absolute Gasteiger partial charge is 0.270 e. The molecule has 1 heterocycles. The number of methoxy groups -OCH3 is 1. The zero-order valence-electron chi connectivity index (χ0n) is 14.3. The molecule has 0 bridgehead atoms. The van der Waals surface area contributed by atoms with Gasteiger partial charge in [0, 0.05) is 0 Å². The van der Waals surface area contributed by atoms with Crippen LogP contribution < -0.4 is 14.4 Å². The summed E-state index contributed by atoms with van der Waals surface area (Å²) in [7, 11) is 1.51. The van der Waals surface area contributed by atoms with Crippen molar-refractivity contribution in [2.75, 3.05) is 18.6 Å². The lowest BCUT2D eigenvalue weighted by molar-refractivity contribution is -0.113. The number of amides is 1. The minimum Gasteiger partial charge on any atom is -0.493 e. The number of hydrogen-bond donors (Lipinski definition) is 0. The van der Waals surface area contributed by atoms with Crippen molar-refractivity contribution in [1.82, 2.24) is 0 Å². The fraction of sp³-hybridized carbons (Fsp3) is 0.100. The van der Waals surface area contributed by atoms with E-state index in [0.717, 1.165) is 5.69 Å². The van der Waals surface area contributed by atoms with Crippen molar-refractivity contribution >= 4 is 57.6 Å². The third kappa shape index (κ3) is 4.11. The van der Waals surface area contributed by atoms with E-state index < -0.39 is 0 Å². The Balaban J connectivity index is 1.93. The Morgan fingerprint density at radius 2 is 2.07 bits per heavy atom. The molecular formula is C20H14ClNO3S2. The third-order valence-electron chi connectivity index (χ3n) is 3.66. The minimum absolute atomic E-state index is 0.0746. The number of nitrogens with zero attached hydrogens (tertiary/aromatic N) is 1. The summed E-state index contributed by atoms with van der Waals surface area (Å²) >= 11 is 12.9. The highest BCUT2D eigenvalue weighted by Gasteiger charge is 2.33. The highest BCUT2D eigenvalue weighted by Crippen LogP contribution is 2.39. The first kappa shape index (κ1) is 19.3. The topological polar surface area (TPSA) is 38.8 Å². The number of terminal acetylenes is 1. The number of halogens is 1. The molecule has 0 saturated carbocycles. The number of benzene rings is 2. The summed E-state index contributed by atoms with van der Waals surface area (Å²) in [6, 6.07) is 12.7. The number of anilines is 1. The number of hydrogen-bond acceptors (Lipinski definition) is 5. The zero-order valence-corrected chi connectivity index (χ0v) is 16.7. The van der Waals surface area contributed by atoms with Gasteiger partial charge in [-0.25, -0.2) is 0 Å². The molecule has 1 aliphatic heterocycles. The lowest BCUT2D eigenvalue weighted by Gasteiger charge is -2.14. The van der Waals surface area contributed by atoms with E-state index in [-0.39, 0.29) is 12.5 Å². The van der Waals surface area contributed by atoms with E-state index in [2.05, 4.69) is 5.92 Å². The summed E-state index contributed by atoms with van der Waals surface area (Å²) in [6.07, 6.45) is 6.94. The predicted molar refractivity (Wildman–Crippen MR) is 114 cm³/mol. The van der Waals surface area contributed by atoms with E-state index in [1.165, 1.54) is 23.8 Å². The van der Waals surface area contributed by atoms with E-state index in [1.807, 2.05) is 30.3 Å². The fourth-order valence-corrected chi connectivity index (χ4v) is 4.07. The molecule has 2 aromatic rings. The van der Waals surface area contributed by atoms with Gasteiger partial charge in [0.1, 0.15) is 6.61 Å². The largest absolute Gasteiger partial charge is 0.493 e. The van der Waals surface area contributed by atoms with E-state index >= 15 is 0 Å². The van der Waals surface area contributed by atoms with E-state index in [9.17, 15) is 4.79 Å². The first-order valence-electron chi connectivity index (χ1n) is 7.82. The summed E-state index contributed by atoms with van der Waals surface area (Å²) in [6.45, 7) is 0.0746. The average molecular weight is 416 g/mol. The number of carbonyl (C=O) groups is 1. The SMILES string of the molecule is C#CCOc1c(Cl)cc(/C=C2/SC(=S)N(c3ccccc3)C2=O)cc1OC. The Morgan fingerprint density at radius 3 is 2.74 bits per heavy atom. The van der Waals surface area contributed by atoms with Gasteiger partial charge in [0.25, 0.3) is 5.91 Å². The van der Waals surface area contributed by atoms with Crippen molar-refractivity contribution < 1.29 is 14.3 Å². The van der Waals surface area contributed by atoms with Crippen LogP contribution in [-0.4, -0.2) is 23.9 Å². The lowest BCUT2D eigenvalue weighted by Crippen LogP contribution is -2.27. The maximum atomic E-state index is 12.8. The number of thiocarbonyl (C=S) groups is 1. The highest BCUT2D eigenvalue weighted by atomic mass is 35.5. The average Bonchev–Trinajstić information content (AvgIpc) is 2.94. The molecule has 2 aromatic carbocycles. The van der Waals surface area contributed by atoms with E-state index in [4.69, 9.17) is 39.7 Å². The standard InChI is InChI=1S/C20H14ClNO3S2/c1-3-9-25-18-15(21)10-13(11-16(18)24-2)12-17-19(23)22(20(26)27-17)14-7-5-4-6-8-14/h1,4-8,10-12H,9H2,2H3/b17-12+. The van der Waals surface area contributed by atoms with Gasteiger partial charge in [0.05, 0.1) is 22.7 Å². The van der Waals surface area contributed by atoms with Gasteiger partial charge < -0.3 is 9.47 Å².